The van der Waals surface area contributed by atoms with Gasteiger partial charge in [0.25, 0.3) is 0 Å². The molecule has 0 aliphatic carbocycles. The topological polar surface area (TPSA) is 49.9 Å². The second-order valence-corrected chi connectivity index (χ2v) is 2.55. The largest absolute Gasteiger partial charge is 0.383 e. The Morgan fingerprint density at radius 3 is 2.40 bits per heavy atom. The van der Waals surface area contributed by atoms with Crippen molar-refractivity contribution in [3.8, 4) is 0 Å². The summed E-state index contributed by atoms with van der Waals surface area (Å²) < 4.78 is 12.2. The van der Waals surface area contributed by atoms with Crippen molar-refractivity contribution < 1.29 is 4.39 Å². The molecule has 0 aromatic carbocycles. The van der Waals surface area contributed by atoms with Gasteiger partial charge in [0.2, 0.25) is 0 Å². The minimum absolute atomic E-state index is 0. The van der Waals surface area contributed by atoms with Crippen molar-refractivity contribution in [2.45, 2.75) is 0 Å². The standard InChI is InChI=1S/C5H5FN2S.ClH/c6-4-2-1-3(9-4)5(7)8;/h1-2H,(H3,7,8);1H. The van der Waals surface area contributed by atoms with E-state index in [9.17, 15) is 4.39 Å². The van der Waals surface area contributed by atoms with Crippen LogP contribution in [0.25, 0.3) is 0 Å². The number of nitrogen functional groups attached to an aromatic ring is 1. The molecule has 0 atom stereocenters. The zero-order chi connectivity index (χ0) is 6.85. The number of hydrogen-bond donors (Lipinski definition) is 2. The van der Waals surface area contributed by atoms with Gasteiger partial charge in [-0.2, -0.15) is 4.39 Å². The van der Waals surface area contributed by atoms with Crippen LogP contribution in [0.1, 0.15) is 4.88 Å². The Morgan fingerprint density at radius 2 is 2.20 bits per heavy atom. The summed E-state index contributed by atoms with van der Waals surface area (Å²) in [5, 5.41) is 6.56. The lowest BCUT2D eigenvalue weighted by atomic mass is 10.4. The Labute approximate surface area is 67.8 Å². The first-order valence-electron chi connectivity index (χ1n) is 2.30. The Morgan fingerprint density at radius 1 is 1.60 bits per heavy atom. The van der Waals surface area contributed by atoms with Crippen LogP contribution in [0.2, 0.25) is 0 Å². The van der Waals surface area contributed by atoms with E-state index in [4.69, 9.17) is 11.1 Å². The molecule has 2 nitrogen and oxygen atoms in total. The van der Waals surface area contributed by atoms with E-state index in [1.165, 1.54) is 12.1 Å². The van der Waals surface area contributed by atoms with Crippen LogP contribution in [0, 0.1) is 10.5 Å². The molecule has 0 fully saturated rings. The van der Waals surface area contributed by atoms with Crippen LogP contribution < -0.4 is 5.73 Å². The van der Waals surface area contributed by atoms with Gasteiger partial charge >= 0.3 is 0 Å². The summed E-state index contributed by atoms with van der Waals surface area (Å²) in [6, 6.07) is 2.78. The van der Waals surface area contributed by atoms with E-state index in [-0.39, 0.29) is 23.4 Å². The van der Waals surface area contributed by atoms with E-state index in [1.807, 2.05) is 0 Å². The van der Waals surface area contributed by atoms with Gasteiger partial charge < -0.3 is 5.73 Å². The number of halogens is 2. The molecule has 0 amide bonds. The molecule has 3 N–H and O–H groups in total. The van der Waals surface area contributed by atoms with Crippen molar-refractivity contribution in [3.63, 3.8) is 0 Å². The van der Waals surface area contributed by atoms with Crippen molar-refractivity contribution in [1.29, 1.82) is 5.41 Å². The molecule has 1 rings (SSSR count). The predicted molar refractivity (Wildman–Crippen MR) is 42.5 cm³/mol. The molecular weight excluding hydrogens is 175 g/mol. The average Bonchev–Trinajstić information content (AvgIpc) is 2.14. The summed E-state index contributed by atoms with van der Waals surface area (Å²) in [5.74, 6) is -0.0797. The van der Waals surface area contributed by atoms with Crippen molar-refractivity contribution >= 4 is 29.6 Å². The van der Waals surface area contributed by atoms with E-state index >= 15 is 0 Å². The summed E-state index contributed by atoms with van der Waals surface area (Å²) in [7, 11) is 0. The first-order valence-corrected chi connectivity index (χ1v) is 3.11. The maximum absolute atomic E-state index is 12.2. The zero-order valence-corrected chi connectivity index (χ0v) is 6.56. The lowest BCUT2D eigenvalue weighted by molar-refractivity contribution is 0.657. The highest BCUT2D eigenvalue weighted by Gasteiger charge is 1.99. The highest BCUT2D eigenvalue weighted by Crippen LogP contribution is 2.12. The number of nitrogens with two attached hydrogens (primary N) is 1. The number of hydrogen-bond acceptors (Lipinski definition) is 2. The van der Waals surface area contributed by atoms with Gasteiger partial charge in [-0.25, -0.2) is 0 Å². The van der Waals surface area contributed by atoms with Crippen LogP contribution in [-0.4, -0.2) is 5.84 Å². The monoisotopic (exact) mass is 180 g/mol. The lowest BCUT2D eigenvalue weighted by Crippen LogP contribution is -2.08. The number of thiophene rings is 1. The second kappa shape index (κ2) is 3.53. The third-order valence-electron chi connectivity index (χ3n) is 0.839. The molecule has 1 heterocycles. The molecule has 0 unspecified atom stereocenters. The van der Waals surface area contributed by atoms with Gasteiger partial charge in [0.15, 0.2) is 5.13 Å². The molecule has 10 heavy (non-hydrogen) atoms. The Bertz CT molecular complexity index is 235. The van der Waals surface area contributed by atoms with Crippen LogP contribution in [0.3, 0.4) is 0 Å². The number of nitrogens with one attached hydrogen (secondary N) is 1. The van der Waals surface area contributed by atoms with E-state index in [2.05, 4.69) is 0 Å². The van der Waals surface area contributed by atoms with Crippen LogP contribution in [0.5, 0.6) is 0 Å². The number of rotatable bonds is 1. The van der Waals surface area contributed by atoms with Crippen molar-refractivity contribution in [2.75, 3.05) is 0 Å². The van der Waals surface area contributed by atoms with Crippen molar-refractivity contribution in [1.82, 2.24) is 0 Å². The molecule has 0 aliphatic heterocycles. The fraction of sp³-hybridized carbons (Fsp3) is 0. The fourth-order valence-electron chi connectivity index (χ4n) is 0.459. The van der Waals surface area contributed by atoms with E-state index in [0.29, 0.717) is 4.88 Å². The van der Waals surface area contributed by atoms with Crippen molar-refractivity contribution in [3.05, 3.63) is 22.1 Å². The van der Waals surface area contributed by atoms with E-state index in [1.54, 1.807) is 0 Å². The molecule has 0 spiro atoms. The van der Waals surface area contributed by atoms with Crippen molar-refractivity contribution in [2.24, 2.45) is 5.73 Å². The Hall–Kier alpha value is -0.610. The van der Waals surface area contributed by atoms with Crippen LogP contribution in [0.4, 0.5) is 4.39 Å². The van der Waals surface area contributed by atoms with Crippen LogP contribution >= 0.6 is 23.7 Å². The maximum Gasteiger partial charge on any atom is 0.177 e. The molecule has 0 saturated heterocycles. The van der Waals surface area contributed by atoms with Crippen LogP contribution in [-0.2, 0) is 0 Å². The summed E-state index contributed by atoms with van der Waals surface area (Å²) in [4.78, 5) is 0.479. The Balaban J connectivity index is 0.000000810. The SMILES string of the molecule is Cl.N=C(N)c1ccc(F)s1. The molecule has 1 aromatic heterocycles. The smallest absolute Gasteiger partial charge is 0.177 e. The Kier molecular flexibility index (Phi) is 3.32. The molecule has 0 aliphatic rings. The zero-order valence-electron chi connectivity index (χ0n) is 4.93. The molecule has 0 bridgehead atoms. The van der Waals surface area contributed by atoms with Gasteiger partial charge in [0, 0.05) is 0 Å². The van der Waals surface area contributed by atoms with E-state index in [0.717, 1.165) is 11.3 Å². The third kappa shape index (κ3) is 1.97. The summed E-state index contributed by atoms with van der Waals surface area (Å²) in [6.07, 6.45) is 0. The lowest BCUT2D eigenvalue weighted by Gasteiger charge is -1.85. The quantitative estimate of drug-likeness (QED) is 0.501. The highest BCUT2D eigenvalue weighted by molar-refractivity contribution is 7.12. The normalized spacial score (nSPS) is 8.50. The average molecular weight is 181 g/mol. The molecular formula is C5H6ClFN2S. The minimum Gasteiger partial charge on any atom is -0.383 e. The van der Waals surface area contributed by atoms with E-state index < -0.39 is 0 Å². The molecule has 56 valence electrons. The van der Waals surface area contributed by atoms with Gasteiger partial charge in [0.05, 0.1) is 4.88 Å². The van der Waals surface area contributed by atoms with Gasteiger partial charge in [-0.3, -0.25) is 5.41 Å². The van der Waals surface area contributed by atoms with Gasteiger partial charge in [-0.1, -0.05) is 0 Å². The number of amidine groups is 1. The van der Waals surface area contributed by atoms with Gasteiger partial charge in [-0.05, 0) is 12.1 Å². The predicted octanol–water partition coefficient (Wildman–Crippen LogP) is 1.59. The second-order valence-electron chi connectivity index (χ2n) is 1.52. The first-order chi connectivity index (χ1) is 4.20. The van der Waals surface area contributed by atoms with Gasteiger partial charge in [-0.15, -0.1) is 23.7 Å². The molecule has 0 radical (unpaired) electrons. The first kappa shape index (κ1) is 9.39. The molecule has 5 heteroatoms. The minimum atomic E-state index is -0.305. The fourth-order valence-corrected chi connectivity index (χ4v) is 1.05. The third-order valence-corrected chi connectivity index (χ3v) is 1.75. The molecule has 1 aromatic rings. The summed E-state index contributed by atoms with van der Waals surface area (Å²) in [6.45, 7) is 0. The molecule has 0 saturated carbocycles. The van der Waals surface area contributed by atoms with Gasteiger partial charge in [0.1, 0.15) is 5.84 Å². The summed E-state index contributed by atoms with van der Waals surface area (Å²) >= 11 is 0.880. The van der Waals surface area contributed by atoms with Crippen LogP contribution in [0.15, 0.2) is 12.1 Å². The highest BCUT2D eigenvalue weighted by atomic mass is 35.5. The summed E-state index contributed by atoms with van der Waals surface area (Å²) in [5.41, 5.74) is 5.05. The maximum atomic E-state index is 12.2.